The maximum Gasteiger partial charge on any atom is 0.122 e. The van der Waals surface area contributed by atoms with E-state index in [1.165, 1.54) is 169 Å². The molecule has 0 saturated carbocycles. The molecule has 3 aromatic carbocycles. The normalized spacial score (nSPS) is 11.2. The molecular formula is C47H72O2. The molecule has 0 bridgehead atoms. The van der Waals surface area contributed by atoms with E-state index in [-0.39, 0.29) is 0 Å². The summed E-state index contributed by atoms with van der Waals surface area (Å²) in [5, 5.41) is 0. The predicted molar refractivity (Wildman–Crippen MR) is 215 cm³/mol. The molecule has 0 amide bonds. The molecule has 0 aromatic heterocycles. The van der Waals surface area contributed by atoms with Crippen molar-refractivity contribution < 1.29 is 9.47 Å². The molecule has 0 radical (unpaired) electrons. The minimum atomic E-state index is 0.814. The van der Waals surface area contributed by atoms with E-state index in [1.807, 2.05) is 0 Å². The molecule has 0 aliphatic carbocycles. The Balaban J connectivity index is 1.26. The van der Waals surface area contributed by atoms with Gasteiger partial charge in [-0.3, -0.25) is 0 Å². The van der Waals surface area contributed by atoms with Gasteiger partial charge < -0.3 is 9.47 Å². The molecule has 0 spiro atoms. The summed E-state index contributed by atoms with van der Waals surface area (Å²) in [6.45, 7) is 8.37. The number of hydrogen-bond donors (Lipinski definition) is 0. The molecule has 0 atom stereocenters. The highest BCUT2D eigenvalue weighted by atomic mass is 16.5. The third kappa shape index (κ3) is 18.2. The van der Waals surface area contributed by atoms with Gasteiger partial charge in [0.15, 0.2) is 0 Å². The van der Waals surface area contributed by atoms with Crippen molar-refractivity contribution in [3.63, 3.8) is 0 Å². The van der Waals surface area contributed by atoms with Gasteiger partial charge in [0.05, 0.1) is 13.2 Å². The lowest BCUT2D eigenvalue weighted by Gasteiger charge is -2.12. The fraction of sp³-hybridized carbons (Fsp3) is 0.617. The van der Waals surface area contributed by atoms with Crippen molar-refractivity contribution in [1.82, 2.24) is 0 Å². The van der Waals surface area contributed by atoms with Crippen LogP contribution in [0.3, 0.4) is 0 Å². The van der Waals surface area contributed by atoms with E-state index in [4.69, 9.17) is 9.47 Å². The summed E-state index contributed by atoms with van der Waals surface area (Å²) in [5.41, 5.74) is 6.14. The maximum absolute atomic E-state index is 6.17. The summed E-state index contributed by atoms with van der Waals surface area (Å²) in [6.07, 6.45) is 32.8. The molecule has 49 heavy (non-hydrogen) atoms. The van der Waals surface area contributed by atoms with E-state index in [1.54, 1.807) is 0 Å². The second-order valence-electron chi connectivity index (χ2n) is 14.6. The second-order valence-corrected chi connectivity index (χ2v) is 14.6. The number of aryl methyl sites for hydroxylation is 1. The summed E-state index contributed by atoms with van der Waals surface area (Å²) >= 11 is 0. The van der Waals surface area contributed by atoms with Crippen LogP contribution >= 0.6 is 0 Å². The van der Waals surface area contributed by atoms with E-state index in [2.05, 4.69) is 87.5 Å². The quantitative estimate of drug-likeness (QED) is 0.0658. The standard InChI is InChI=1S/C47H72O2/c1-4-6-8-10-12-14-16-18-20-22-24-26-38-48-46-35-32-43(33-36-46)42-28-30-44(31-29-42)45-34-37-47(41(3)40-45)49-39-27-25-23-21-19-17-15-13-11-9-7-5-2/h28-37,40H,4-27,38-39H2,1-3H3. The largest absolute Gasteiger partial charge is 0.494 e. The zero-order valence-corrected chi connectivity index (χ0v) is 32.1. The lowest BCUT2D eigenvalue weighted by Crippen LogP contribution is -1.99. The Kier molecular flexibility index (Phi) is 22.5. The Bertz CT molecular complexity index is 1200. The van der Waals surface area contributed by atoms with Crippen LogP contribution in [0.25, 0.3) is 22.3 Å². The summed E-state index contributed by atoms with van der Waals surface area (Å²) in [5.74, 6) is 1.99. The molecule has 0 saturated heterocycles. The Morgan fingerprint density at radius 3 is 1.08 bits per heavy atom. The third-order valence-corrected chi connectivity index (χ3v) is 10.1. The van der Waals surface area contributed by atoms with Crippen LogP contribution < -0.4 is 9.47 Å². The van der Waals surface area contributed by atoms with E-state index in [0.29, 0.717) is 0 Å². The van der Waals surface area contributed by atoms with Gasteiger partial charge in [-0.15, -0.1) is 0 Å². The lowest BCUT2D eigenvalue weighted by molar-refractivity contribution is 0.302. The minimum Gasteiger partial charge on any atom is -0.494 e. The molecule has 0 fully saturated rings. The van der Waals surface area contributed by atoms with Crippen LogP contribution in [0, 0.1) is 6.92 Å². The zero-order chi connectivity index (χ0) is 34.6. The number of ether oxygens (including phenoxy) is 2. The van der Waals surface area contributed by atoms with Crippen molar-refractivity contribution in [1.29, 1.82) is 0 Å². The van der Waals surface area contributed by atoms with Gasteiger partial charge in [0.2, 0.25) is 0 Å². The molecule has 272 valence electrons. The highest BCUT2D eigenvalue weighted by molar-refractivity contribution is 5.71. The van der Waals surface area contributed by atoms with Gasteiger partial charge in [0.1, 0.15) is 11.5 Å². The van der Waals surface area contributed by atoms with Gasteiger partial charge in [-0.2, -0.15) is 0 Å². The number of rotatable bonds is 30. The van der Waals surface area contributed by atoms with Crippen LogP contribution in [0.5, 0.6) is 11.5 Å². The maximum atomic E-state index is 6.17. The van der Waals surface area contributed by atoms with Gasteiger partial charge in [-0.25, -0.2) is 0 Å². The minimum absolute atomic E-state index is 0.814. The SMILES string of the molecule is CCCCCCCCCCCCCCOc1ccc(-c2ccc(-c3ccc(OCCCCCCCCCCCCCC)c(C)c3)cc2)cc1. The van der Waals surface area contributed by atoms with Gasteiger partial charge >= 0.3 is 0 Å². The van der Waals surface area contributed by atoms with E-state index in [0.717, 1.165) is 37.6 Å². The zero-order valence-electron chi connectivity index (χ0n) is 32.1. The molecule has 0 aliphatic heterocycles. The molecular weight excluding hydrogens is 597 g/mol. The van der Waals surface area contributed by atoms with Gasteiger partial charge in [-0.05, 0) is 71.8 Å². The molecule has 0 unspecified atom stereocenters. The number of hydrogen-bond acceptors (Lipinski definition) is 2. The third-order valence-electron chi connectivity index (χ3n) is 10.1. The van der Waals surface area contributed by atoms with Crippen LogP contribution in [0.4, 0.5) is 0 Å². The second kappa shape index (κ2) is 27.0. The monoisotopic (exact) mass is 669 g/mol. The highest BCUT2D eigenvalue weighted by Gasteiger charge is 2.06. The van der Waals surface area contributed by atoms with Crippen molar-refractivity contribution in [3.05, 3.63) is 72.3 Å². The Morgan fingerprint density at radius 1 is 0.347 bits per heavy atom. The lowest BCUT2D eigenvalue weighted by atomic mass is 9.99. The van der Waals surface area contributed by atoms with Gasteiger partial charge in [-0.1, -0.05) is 198 Å². The Morgan fingerprint density at radius 2 is 0.673 bits per heavy atom. The van der Waals surface area contributed by atoms with Crippen molar-refractivity contribution in [3.8, 4) is 33.8 Å². The molecule has 0 aliphatic rings. The van der Waals surface area contributed by atoms with Crippen LogP contribution in [0.2, 0.25) is 0 Å². The molecule has 0 heterocycles. The molecule has 0 N–H and O–H groups in total. The Labute approximate surface area is 302 Å². The average molecular weight is 669 g/mol. The highest BCUT2D eigenvalue weighted by Crippen LogP contribution is 2.29. The summed E-state index contributed by atoms with van der Waals surface area (Å²) in [4.78, 5) is 0. The number of unbranched alkanes of at least 4 members (excludes halogenated alkanes) is 22. The average Bonchev–Trinajstić information content (AvgIpc) is 3.13. The van der Waals surface area contributed by atoms with Crippen LogP contribution in [0.1, 0.15) is 174 Å². The number of benzene rings is 3. The molecule has 2 nitrogen and oxygen atoms in total. The molecule has 3 rings (SSSR count). The summed E-state index contributed by atoms with van der Waals surface area (Å²) < 4.78 is 12.2. The smallest absolute Gasteiger partial charge is 0.122 e. The first-order valence-corrected chi connectivity index (χ1v) is 20.8. The molecule has 3 aromatic rings. The van der Waals surface area contributed by atoms with E-state index in [9.17, 15) is 0 Å². The first-order chi connectivity index (χ1) is 24.2. The summed E-state index contributed by atoms with van der Waals surface area (Å²) in [7, 11) is 0. The van der Waals surface area contributed by atoms with Crippen LogP contribution in [0.15, 0.2) is 66.7 Å². The van der Waals surface area contributed by atoms with Crippen molar-refractivity contribution in [2.45, 2.75) is 175 Å². The first-order valence-electron chi connectivity index (χ1n) is 20.8. The van der Waals surface area contributed by atoms with Crippen LogP contribution in [-0.2, 0) is 0 Å². The van der Waals surface area contributed by atoms with Crippen molar-refractivity contribution >= 4 is 0 Å². The topological polar surface area (TPSA) is 18.5 Å². The van der Waals surface area contributed by atoms with Crippen molar-refractivity contribution in [2.24, 2.45) is 0 Å². The van der Waals surface area contributed by atoms with Gasteiger partial charge in [0.25, 0.3) is 0 Å². The molecule has 2 heteroatoms. The van der Waals surface area contributed by atoms with E-state index >= 15 is 0 Å². The fourth-order valence-corrected chi connectivity index (χ4v) is 6.85. The van der Waals surface area contributed by atoms with Gasteiger partial charge in [0, 0.05) is 0 Å². The Hall–Kier alpha value is -2.74. The van der Waals surface area contributed by atoms with E-state index < -0.39 is 0 Å². The van der Waals surface area contributed by atoms with Crippen molar-refractivity contribution in [2.75, 3.05) is 13.2 Å². The first kappa shape index (κ1) is 40.7. The predicted octanol–water partition coefficient (Wildman–Crippen LogP) is 15.5. The van der Waals surface area contributed by atoms with Crippen LogP contribution in [-0.4, -0.2) is 13.2 Å². The summed E-state index contributed by atoms with van der Waals surface area (Å²) in [6, 6.07) is 24.1. The fourth-order valence-electron chi connectivity index (χ4n) is 6.85.